The normalized spacial score (nSPS) is 17.5. The van der Waals surface area contributed by atoms with E-state index in [0.29, 0.717) is 6.04 Å². The van der Waals surface area contributed by atoms with Gasteiger partial charge >= 0.3 is 0 Å². The molecule has 1 aliphatic rings. The third-order valence-electron chi connectivity index (χ3n) is 6.98. The fraction of sp³-hybridized carbons (Fsp3) is 0.440. The SMILES string of the molecule is CCn1c(CN2CCCC2Cn2c(C)nc3ccccc32)nc2cc(S(=O)(=O)N(C)C)ccc21. The fourth-order valence-corrected chi connectivity index (χ4v) is 6.06. The molecule has 0 N–H and O–H groups in total. The van der Waals surface area contributed by atoms with Crippen LogP contribution in [-0.2, 0) is 29.7 Å². The summed E-state index contributed by atoms with van der Waals surface area (Å²) in [6, 6.07) is 14.0. The molecule has 1 aliphatic heterocycles. The Hall–Kier alpha value is -2.75. The minimum Gasteiger partial charge on any atom is -0.327 e. The summed E-state index contributed by atoms with van der Waals surface area (Å²) < 4.78 is 31.0. The van der Waals surface area contributed by atoms with E-state index >= 15 is 0 Å². The standard InChI is InChI=1S/C25H32N6O2S/c1-5-30-24-13-12-20(34(32,33)28(3)4)15-22(24)27-25(30)17-29-14-8-9-19(29)16-31-18(2)26-21-10-6-7-11-23(21)31/h6-7,10-13,15,19H,5,8-9,14,16-17H2,1-4H3. The van der Waals surface area contributed by atoms with Crippen molar-refractivity contribution in [1.82, 2.24) is 28.3 Å². The van der Waals surface area contributed by atoms with Gasteiger partial charge in [0, 0.05) is 33.2 Å². The smallest absolute Gasteiger partial charge is 0.242 e. The quantitative estimate of drug-likeness (QED) is 0.404. The number of benzene rings is 2. The number of para-hydroxylation sites is 2. The van der Waals surface area contributed by atoms with Crippen LogP contribution < -0.4 is 0 Å². The molecule has 1 saturated heterocycles. The molecular formula is C25H32N6O2S. The second-order valence-corrected chi connectivity index (χ2v) is 11.4. The van der Waals surface area contributed by atoms with Gasteiger partial charge in [-0.15, -0.1) is 0 Å². The second-order valence-electron chi connectivity index (χ2n) is 9.24. The van der Waals surface area contributed by atoms with Crippen LogP contribution in [-0.4, -0.2) is 63.4 Å². The topological polar surface area (TPSA) is 76.3 Å². The maximum Gasteiger partial charge on any atom is 0.242 e. The maximum atomic E-state index is 12.6. The largest absolute Gasteiger partial charge is 0.327 e. The zero-order valence-electron chi connectivity index (χ0n) is 20.3. The molecule has 8 nitrogen and oxygen atoms in total. The predicted octanol–water partition coefficient (Wildman–Crippen LogP) is 3.63. The first-order valence-corrected chi connectivity index (χ1v) is 13.3. The lowest BCUT2D eigenvalue weighted by Crippen LogP contribution is -2.33. The molecule has 5 rings (SSSR count). The molecule has 2 aromatic carbocycles. The molecule has 4 aromatic rings. The maximum absolute atomic E-state index is 12.6. The average Bonchev–Trinajstić information content (AvgIpc) is 3.49. The molecule has 180 valence electrons. The Morgan fingerprint density at radius 1 is 1.03 bits per heavy atom. The van der Waals surface area contributed by atoms with Crippen LogP contribution in [0.15, 0.2) is 47.4 Å². The molecule has 2 aromatic heterocycles. The highest BCUT2D eigenvalue weighted by molar-refractivity contribution is 7.89. The number of likely N-dealkylation sites (tertiary alicyclic amines) is 1. The summed E-state index contributed by atoms with van der Waals surface area (Å²) in [5, 5.41) is 0. The Kier molecular flexibility index (Phi) is 5.95. The van der Waals surface area contributed by atoms with Crippen molar-refractivity contribution in [2.75, 3.05) is 20.6 Å². The molecule has 0 aliphatic carbocycles. The van der Waals surface area contributed by atoms with Crippen molar-refractivity contribution in [3.05, 3.63) is 54.1 Å². The van der Waals surface area contributed by atoms with E-state index in [0.717, 1.165) is 67.2 Å². The van der Waals surface area contributed by atoms with Crippen LogP contribution in [0.5, 0.6) is 0 Å². The molecule has 9 heteroatoms. The van der Waals surface area contributed by atoms with E-state index in [4.69, 9.17) is 9.97 Å². The Balaban J connectivity index is 1.44. The first-order chi connectivity index (χ1) is 16.3. The van der Waals surface area contributed by atoms with Crippen LogP contribution in [0.1, 0.15) is 31.4 Å². The lowest BCUT2D eigenvalue weighted by atomic mass is 10.2. The highest BCUT2D eigenvalue weighted by Crippen LogP contribution is 2.27. The first-order valence-electron chi connectivity index (χ1n) is 11.9. The molecule has 0 radical (unpaired) electrons. The van der Waals surface area contributed by atoms with Gasteiger partial charge in [0.15, 0.2) is 0 Å². The highest BCUT2D eigenvalue weighted by Gasteiger charge is 2.28. The van der Waals surface area contributed by atoms with Gasteiger partial charge < -0.3 is 9.13 Å². The van der Waals surface area contributed by atoms with Crippen LogP contribution in [0.4, 0.5) is 0 Å². The summed E-state index contributed by atoms with van der Waals surface area (Å²) in [5.74, 6) is 2.03. The molecule has 1 unspecified atom stereocenters. The number of nitrogens with zero attached hydrogens (tertiary/aromatic N) is 6. The zero-order chi connectivity index (χ0) is 24.0. The number of rotatable bonds is 7. The minimum absolute atomic E-state index is 0.277. The first kappa shape index (κ1) is 23.0. The van der Waals surface area contributed by atoms with Gasteiger partial charge in [-0.1, -0.05) is 12.1 Å². The molecule has 1 fully saturated rings. The molecule has 34 heavy (non-hydrogen) atoms. The lowest BCUT2D eigenvalue weighted by Gasteiger charge is -2.25. The number of aryl methyl sites for hydroxylation is 2. The summed E-state index contributed by atoms with van der Waals surface area (Å²) in [7, 11) is -0.396. The van der Waals surface area contributed by atoms with Crippen molar-refractivity contribution >= 4 is 32.1 Å². The van der Waals surface area contributed by atoms with Gasteiger partial charge in [0.25, 0.3) is 0 Å². The summed E-state index contributed by atoms with van der Waals surface area (Å²) in [4.78, 5) is 12.4. The van der Waals surface area contributed by atoms with E-state index in [-0.39, 0.29) is 4.90 Å². The third kappa shape index (κ3) is 3.91. The molecule has 0 saturated carbocycles. The van der Waals surface area contributed by atoms with Crippen molar-refractivity contribution in [2.24, 2.45) is 0 Å². The average molecular weight is 481 g/mol. The van der Waals surface area contributed by atoms with E-state index in [1.807, 2.05) is 12.1 Å². The van der Waals surface area contributed by atoms with Crippen molar-refractivity contribution in [2.45, 2.75) is 57.3 Å². The zero-order valence-corrected chi connectivity index (χ0v) is 21.1. The van der Waals surface area contributed by atoms with Gasteiger partial charge in [0.05, 0.1) is 33.5 Å². The Morgan fingerprint density at radius 2 is 1.79 bits per heavy atom. The van der Waals surface area contributed by atoms with Gasteiger partial charge in [-0.3, -0.25) is 4.90 Å². The molecule has 0 spiro atoms. The van der Waals surface area contributed by atoms with Gasteiger partial charge in [-0.2, -0.15) is 0 Å². The second kappa shape index (κ2) is 8.79. The Morgan fingerprint density at radius 3 is 2.56 bits per heavy atom. The fourth-order valence-electron chi connectivity index (χ4n) is 5.13. The van der Waals surface area contributed by atoms with Crippen LogP contribution in [0.3, 0.4) is 0 Å². The molecule has 1 atom stereocenters. The molecule has 0 bridgehead atoms. The van der Waals surface area contributed by atoms with Crippen molar-refractivity contribution in [3.63, 3.8) is 0 Å². The molecular weight excluding hydrogens is 448 g/mol. The number of sulfonamides is 1. The van der Waals surface area contributed by atoms with E-state index in [2.05, 4.69) is 46.1 Å². The van der Waals surface area contributed by atoms with Gasteiger partial charge in [0.1, 0.15) is 11.6 Å². The minimum atomic E-state index is -3.50. The van der Waals surface area contributed by atoms with Crippen molar-refractivity contribution in [3.8, 4) is 0 Å². The number of fused-ring (bicyclic) bond motifs is 2. The van der Waals surface area contributed by atoms with Gasteiger partial charge in [-0.25, -0.2) is 22.7 Å². The van der Waals surface area contributed by atoms with Gasteiger partial charge in [-0.05, 0) is 63.6 Å². The van der Waals surface area contributed by atoms with Crippen LogP contribution in [0, 0.1) is 6.92 Å². The summed E-state index contributed by atoms with van der Waals surface area (Å²) >= 11 is 0. The third-order valence-corrected chi connectivity index (χ3v) is 8.79. The van der Waals surface area contributed by atoms with E-state index < -0.39 is 10.0 Å². The Labute approximate surface area is 200 Å². The molecule has 0 amide bonds. The predicted molar refractivity (Wildman–Crippen MR) is 134 cm³/mol. The summed E-state index contributed by atoms with van der Waals surface area (Å²) in [5.41, 5.74) is 3.93. The number of hydrogen-bond acceptors (Lipinski definition) is 5. The number of imidazole rings is 2. The van der Waals surface area contributed by atoms with E-state index in [1.54, 1.807) is 26.2 Å². The number of aromatic nitrogens is 4. The van der Waals surface area contributed by atoms with Gasteiger partial charge in [0.2, 0.25) is 10.0 Å². The number of hydrogen-bond donors (Lipinski definition) is 0. The monoisotopic (exact) mass is 480 g/mol. The highest BCUT2D eigenvalue weighted by atomic mass is 32.2. The molecule has 3 heterocycles. The van der Waals surface area contributed by atoms with Crippen molar-refractivity contribution in [1.29, 1.82) is 0 Å². The van der Waals surface area contributed by atoms with Crippen LogP contribution in [0.25, 0.3) is 22.1 Å². The van der Waals surface area contributed by atoms with Crippen molar-refractivity contribution < 1.29 is 8.42 Å². The van der Waals surface area contributed by atoms with Crippen LogP contribution in [0.2, 0.25) is 0 Å². The Bertz CT molecular complexity index is 1450. The summed E-state index contributed by atoms with van der Waals surface area (Å²) in [6.07, 6.45) is 2.30. The van der Waals surface area contributed by atoms with E-state index in [9.17, 15) is 8.42 Å². The van der Waals surface area contributed by atoms with E-state index in [1.165, 1.54) is 9.82 Å². The summed E-state index contributed by atoms with van der Waals surface area (Å²) in [6.45, 7) is 7.66. The lowest BCUT2D eigenvalue weighted by molar-refractivity contribution is 0.217. The van der Waals surface area contributed by atoms with Crippen LogP contribution >= 0.6 is 0 Å².